The van der Waals surface area contributed by atoms with Gasteiger partial charge in [-0.3, -0.25) is 0 Å². The number of para-hydroxylation sites is 1. The van der Waals surface area contributed by atoms with E-state index in [2.05, 4.69) is 17.6 Å². The Morgan fingerprint density at radius 2 is 1.96 bits per heavy atom. The van der Waals surface area contributed by atoms with Gasteiger partial charge in [-0.15, -0.1) is 0 Å². The molecular formula is C20H24FN3O. The second-order valence-corrected chi connectivity index (χ2v) is 6.44. The Morgan fingerprint density at radius 3 is 2.68 bits per heavy atom. The quantitative estimate of drug-likeness (QED) is 0.862. The highest BCUT2D eigenvalue weighted by Gasteiger charge is 2.24. The van der Waals surface area contributed by atoms with E-state index in [1.54, 1.807) is 12.1 Å². The molecule has 1 atom stereocenters. The third-order valence-electron chi connectivity index (χ3n) is 4.65. The van der Waals surface area contributed by atoms with Crippen molar-refractivity contribution >= 4 is 17.4 Å². The summed E-state index contributed by atoms with van der Waals surface area (Å²) >= 11 is 0. The van der Waals surface area contributed by atoms with E-state index in [0.29, 0.717) is 18.2 Å². The molecular weight excluding hydrogens is 317 g/mol. The summed E-state index contributed by atoms with van der Waals surface area (Å²) in [7, 11) is 0. The van der Waals surface area contributed by atoms with Crippen LogP contribution in [0.1, 0.15) is 18.9 Å². The number of carbonyl (C=O) groups is 1. The van der Waals surface area contributed by atoms with Crippen LogP contribution in [-0.2, 0) is 6.42 Å². The first-order chi connectivity index (χ1) is 12.2. The average Bonchev–Trinajstić information content (AvgIpc) is 3.10. The van der Waals surface area contributed by atoms with Crippen LogP contribution in [0.15, 0.2) is 48.5 Å². The Kier molecular flexibility index (Phi) is 5.53. The maximum Gasteiger partial charge on any atom is 0.319 e. The number of carbonyl (C=O) groups excluding carboxylic acids is 1. The lowest BCUT2D eigenvalue weighted by molar-refractivity contribution is 0.250. The molecule has 4 nitrogen and oxygen atoms in total. The Balaban J connectivity index is 1.46. The molecule has 132 valence electrons. The van der Waals surface area contributed by atoms with Gasteiger partial charge in [0.1, 0.15) is 5.82 Å². The lowest BCUT2D eigenvalue weighted by atomic mass is 10.1. The van der Waals surface area contributed by atoms with Crippen LogP contribution in [0.3, 0.4) is 0 Å². The van der Waals surface area contributed by atoms with Gasteiger partial charge in [0.25, 0.3) is 0 Å². The number of anilines is 2. The van der Waals surface area contributed by atoms with Gasteiger partial charge >= 0.3 is 6.03 Å². The maximum atomic E-state index is 13.9. The summed E-state index contributed by atoms with van der Waals surface area (Å²) in [5.74, 6) is 0.136. The largest absolute Gasteiger partial charge is 0.369 e. The van der Waals surface area contributed by atoms with Crippen molar-refractivity contribution < 1.29 is 9.18 Å². The third-order valence-corrected chi connectivity index (χ3v) is 4.65. The molecule has 0 bridgehead atoms. The van der Waals surface area contributed by atoms with Gasteiger partial charge in [-0.25, -0.2) is 9.18 Å². The zero-order valence-corrected chi connectivity index (χ0v) is 14.5. The number of hydrogen-bond acceptors (Lipinski definition) is 2. The molecule has 25 heavy (non-hydrogen) atoms. The Morgan fingerprint density at radius 1 is 1.20 bits per heavy atom. The van der Waals surface area contributed by atoms with E-state index >= 15 is 0 Å². The van der Waals surface area contributed by atoms with Crippen LogP contribution in [0, 0.1) is 11.7 Å². The van der Waals surface area contributed by atoms with Crippen LogP contribution in [-0.4, -0.2) is 25.7 Å². The third kappa shape index (κ3) is 4.50. The van der Waals surface area contributed by atoms with E-state index in [1.165, 1.54) is 11.6 Å². The van der Waals surface area contributed by atoms with Crippen LogP contribution < -0.4 is 15.5 Å². The van der Waals surface area contributed by atoms with Gasteiger partial charge in [-0.1, -0.05) is 31.2 Å². The number of rotatable bonds is 5. The Bertz CT molecular complexity index is 717. The minimum Gasteiger partial charge on any atom is -0.369 e. The van der Waals surface area contributed by atoms with Crippen LogP contribution in [0.4, 0.5) is 20.6 Å². The summed E-state index contributed by atoms with van der Waals surface area (Å²) in [4.78, 5) is 14.1. The van der Waals surface area contributed by atoms with Crippen molar-refractivity contribution in [3.63, 3.8) is 0 Å². The highest BCUT2D eigenvalue weighted by atomic mass is 19.1. The molecule has 0 aromatic heterocycles. The van der Waals surface area contributed by atoms with Gasteiger partial charge in [-0.05, 0) is 48.6 Å². The van der Waals surface area contributed by atoms with Crippen molar-refractivity contribution in [2.75, 3.05) is 29.9 Å². The SMILES string of the molecule is CCc1ccc(NC(=O)NCC2CCN(c3ccccc3F)C2)cc1. The number of nitrogens with one attached hydrogen (secondary N) is 2. The smallest absolute Gasteiger partial charge is 0.319 e. The molecule has 1 unspecified atom stereocenters. The van der Waals surface area contributed by atoms with Gasteiger partial charge in [0.2, 0.25) is 0 Å². The predicted octanol–water partition coefficient (Wildman–Crippen LogP) is 4.04. The van der Waals surface area contributed by atoms with E-state index in [1.807, 2.05) is 35.2 Å². The molecule has 0 saturated carbocycles. The standard InChI is InChI=1S/C20H24FN3O/c1-2-15-7-9-17(10-8-15)23-20(25)22-13-16-11-12-24(14-16)19-6-4-3-5-18(19)21/h3-10,16H,2,11-14H2,1H3,(H2,22,23,25). The van der Waals surface area contributed by atoms with Crippen LogP contribution in [0.25, 0.3) is 0 Å². The fraction of sp³-hybridized carbons (Fsp3) is 0.350. The molecule has 1 aliphatic rings. The predicted molar refractivity (Wildman–Crippen MR) is 99.6 cm³/mol. The van der Waals surface area contributed by atoms with Gasteiger partial charge in [-0.2, -0.15) is 0 Å². The number of hydrogen-bond donors (Lipinski definition) is 2. The zero-order valence-electron chi connectivity index (χ0n) is 14.5. The number of aryl methyl sites for hydroxylation is 1. The second-order valence-electron chi connectivity index (χ2n) is 6.44. The van der Waals surface area contributed by atoms with E-state index in [-0.39, 0.29) is 11.8 Å². The highest BCUT2D eigenvalue weighted by Crippen LogP contribution is 2.25. The number of nitrogens with zero attached hydrogens (tertiary/aromatic N) is 1. The lowest BCUT2D eigenvalue weighted by Crippen LogP contribution is -2.34. The first kappa shape index (κ1) is 17.3. The molecule has 5 heteroatoms. The van der Waals surface area contributed by atoms with Gasteiger partial charge in [0.15, 0.2) is 0 Å². The zero-order chi connectivity index (χ0) is 17.6. The first-order valence-corrected chi connectivity index (χ1v) is 8.79. The highest BCUT2D eigenvalue weighted by molar-refractivity contribution is 5.89. The first-order valence-electron chi connectivity index (χ1n) is 8.79. The van der Waals surface area contributed by atoms with Crippen molar-refractivity contribution in [2.45, 2.75) is 19.8 Å². The number of halogens is 1. The molecule has 2 amide bonds. The average molecular weight is 341 g/mol. The van der Waals surface area contributed by atoms with E-state index in [4.69, 9.17) is 0 Å². The summed E-state index contributed by atoms with van der Waals surface area (Å²) in [6.45, 7) is 4.25. The normalized spacial score (nSPS) is 16.7. The Hall–Kier alpha value is -2.56. The van der Waals surface area contributed by atoms with E-state index < -0.39 is 0 Å². The monoisotopic (exact) mass is 341 g/mol. The lowest BCUT2D eigenvalue weighted by Gasteiger charge is -2.19. The molecule has 1 saturated heterocycles. The van der Waals surface area contributed by atoms with E-state index in [0.717, 1.165) is 31.6 Å². The summed E-state index contributed by atoms with van der Waals surface area (Å²) in [5, 5.41) is 5.76. The minimum absolute atomic E-state index is 0.190. The second kappa shape index (κ2) is 8.01. The molecule has 0 spiro atoms. The van der Waals surface area contributed by atoms with E-state index in [9.17, 15) is 9.18 Å². The maximum absolute atomic E-state index is 13.9. The van der Waals surface area contributed by atoms with Gasteiger partial charge < -0.3 is 15.5 Å². The van der Waals surface area contributed by atoms with Gasteiger partial charge in [0.05, 0.1) is 5.69 Å². The summed E-state index contributed by atoms with van der Waals surface area (Å²) in [6, 6.07) is 14.5. The molecule has 0 aliphatic carbocycles. The Labute approximate surface area is 148 Å². The molecule has 2 aromatic rings. The number of benzene rings is 2. The molecule has 0 radical (unpaired) electrons. The van der Waals surface area contributed by atoms with Crippen LogP contribution >= 0.6 is 0 Å². The van der Waals surface area contributed by atoms with Crippen LogP contribution in [0.2, 0.25) is 0 Å². The summed E-state index contributed by atoms with van der Waals surface area (Å²) < 4.78 is 13.9. The number of urea groups is 1. The minimum atomic E-state index is -0.200. The fourth-order valence-electron chi connectivity index (χ4n) is 3.16. The summed E-state index contributed by atoms with van der Waals surface area (Å²) in [6.07, 6.45) is 1.92. The van der Waals surface area contributed by atoms with Crippen molar-refractivity contribution in [3.05, 3.63) is 59.9 Å². The van der Waals surface area contributed by atoms with Crippen molar-refractivity contribution in [2.24, 2.45) is 5.92 Å². The van der Waals surface area contributed by atoms with Crippen molar-refractivity contribution in [3.8, 4) is 0 Å². The molecule has 2 N–H and O–H groups in total. The topological polar surface area (TPSA) is 44.4 Å². The molecule has 3 rings (SSSR count). The van der Waals surface area contributed by atoms with Crippen LogP contribution in [0.5, 0.6) is 0 Å². The number of amides is 2. The fourth-order valence-corrected chi connectivity index (χ4v) is 3.16. The van der Waals surface area contributed by atoms with Crippen molar-refractivity contribution in [1.82, 2.24) is 5.32 Å². The molecule has 1 heterocycles. The molecule has 2 aromatic carbocycles. The van der Waals surface area contributed by atoms with Crippen molar-refractivity contribution in [1.29, 1.82) is 0 Å². The molecule has 1 fully saturated rings. The molecule has 1 aliphatic heterocycles. The summed E-state index contributed by atoms with van der Waals surface area (Å²) in [5.41, 5.74) is 2.67. The van der Waals surface area contributed by atoms with Gasteiger partial charge in [0, 0.05) is 25.3 Å².